The number of aryl methyl sites for hydroxylation is 1. The van der Waals surface area contributed by atoms with Crippen molar-refractivity contribution in [3.8, 4) is 5.75 Å². The van der Waals surface area contributed by atoms with Crippen LogP contribution in [0.25, 0.3) is 0 Å². The summed E-state index contributed by atoms with van der Waals surface area (Å²) in [6, 6.07) is 13.8. The lowest BCUT2D eigenvalue weighted by Gasteiger charge is -2.09. The summed E-state index contributed by atoms with van der Waals surface area (Å²) in [5.74, 6) is 1.73. The number of hydrogen-bond donors (Lipinski definition) is 0. The van der Waals surface area contributed by atoms with Gasteiger partial charge in [-0.25, -0.2) is 0 Å². The smallest absolute Gasteiger partial charge is 0.150 e. The second-order valence-electron chi connectivity index (χ2n) is 4.29. The molecule has 2 nitrogen and oxygen atoms in total. The number of methoxy groups -OCH3 is 1. The Hall–Kier alpha value is -1.74. The minimum atomic E-state index is 0.709. The van der Waals surface area contributed by atoms with Crippen molar-refractivity contribution in [2.75, 3.05) is 7.11 Å². The van der Waals surface area contributed by atoms with Crippen LogP contribution in [0.4, 0.5) is 0 Å². The zero-order valence-electron chi connectivity index (χ0n) is 11.1. The number of hydrogen-bond acceptors (Lipinski definition) is 3. The van der Waals surface area contributed by atoms with Gasteiger partial charge in [0.2, 0.25) is 0 Å². The Morgan fingerprint density at radius 1 is 1.21 bits per heavy atom. The molecule has 0 atom stereocenters. The van der Waals surface area contributed by atoms with Crippen LogP contribution in [0, 0.1) is 6.92 Å². The number of aldehydes is 1. The minimum Gasteiger partial charge on any atom is -0.496 e. The summed E-state index contributed by atoms with van der Waals surface area (Å²) in [5, 5.41) is 0. The van der Waals surface area contributed by atoms with E-state index in [0.717, 1.165) is 22.7 Å². The van der Waals surface area contributed by atoms with Gasteiger partial charge < -0.3 is 4.74 Å². The summed E-state index contributed by atoms with van der Waals surface area (Å²) in [7, 11) is 1.69. The largest absolute Gasteiger partial charge is 0.496 e. The van der Waals surface area contributed by atoms with Crippen molar-refractivity contribution in [2.24, 2.45) is 0 Å². The lowest BCUT2D eigenvalue weighted by molar-refractivity contribution is 0.112. The molecule has 0 saturated heterocycles. The molecule has 0 bridgehead atoms. The fourth-order valence-electron chi connectivity index (χ4n) is 1.86. The molecule has 3 heteroatoms. The molecular formula is C16H16O2S. The Kier molecular flexibility index (Phi) is 4.63. The van der Waals surface area contributed by atoms with E-state index in [4.69, 9.17) is 4.74 Å². The maximum Gasteiger partial charge on any atom is 0.150 e. The highest BCUT2D eigenvalue weighted by Crippen LogP contribution is 2.28. The van der Waals surface area contributed by atoms with Crippen molar-refractivity contribution in [1.29, 1.82) is 0 Å². The standard InChI is InChI=1S/C16H16O2S/c1-12-6-7-16(18-2)14(8-12)11-19-15-5-3-4-13(9-15)10-17/h3-10H,11H2,1-2H3. The molecule has 0 unspecified atom stereocenters. The number of benzene rings is 2. The Balaban J connectivity index is 2.13. The number of rotatable bonds is 5. The van der Waals surface area contributed by atoms with Crippen LogP contribution in [0.3, 0.4) is 0 Å². The molecule has 19 heavy (non-hydrogen) atoms. The first-order valence-corrected chi connectivity index (χ1v) is 7.03. The summed E-state index contributed by atoms with van der Waals surface area (Å²) in [4.78, 5) is 11.8. The first-order valence-electron chi connectivity index (χ1n) is 6.04. The van der Waals surface area contributed by atoms with Crippen molar-refractivity contribution >= 4 is 18.0 Å². The molecule has 0 N–H and O–H groups in total. The summed E-state index contributed by atoms with van der Waals surface area (Å²) in [5.41, 5.74) is 3.10. The molecule has 2 aromatic carbocycles. The molecule has 0 spiro atoms. The van der Waals surface area contributed by atoms with Crippen LogP contribution in [0.15, 0.2) is 47.4 Å². The third kappa shape index (κ3) is 3.61. The van der Waals surface area contributed by atoms with E-state index < -0.39 is 0 Å². The Bertz CT molecular complexity index is 579. The van der Waals surface area contributed by atoms with Gasteiger partial charge in [0, 0.05) is 21.8 Å². The molecule has 0 aliphatic rings. The first-order chi connectivity index (χ1) is 9.22. The third-order valence-corrected chi connectivity index (χ3v) is 3.87. The molecule has 0 aliphatic carbocycles. The summed E-state index contributed by atoms with van der Waals surface area (Å²) < 4.78 is 5.36. The zero-order chi connectivity index (χ0) is 13.7. The van der Waals surface area contributed by atoms with E-state index in [1.807, 2.05) is 36.4 Å². The highest BCUT2D eigenvalue weighted by Gasteiger charge is 2.04. The molecule has 2 aromatic rings. The Labute approximate surface area is 117 Å². The molecule has 0 radical (unpaired) electrons. The monoisotopic (exact) mass is 272 g/mol. The average Bonchev–Trinajstić information content (AvgIpc) is 2.45. The van der Waals surface area contributed by atoms with E-state index >= 15 is 0 Å². The van der Waals surface area contributed by atoms with Crippen LogP contribution in [-0.4, -0.2) is 13.4 Å². The SMILES string of the molecule is COc1ccc(C)cc1CSc1cccc(C=O)c1. The second kappa shape index (κ2) is 6.43. The maximum atomic E-state index is 10.7. The van der Waals surface area contributed by atoms with Crippen molar-refractivity contribution in [1.82, 2.24) is 0 Å². The molecule has 0 aliphatic heterocycles. The van der Waals surface area contributed by atoms with Gasteiger partial charge in [-0.3, -0.25) is 4.79 Å². The van der Waals surface area contributed by atoms with Crippen LogP contribution in [-0.2, 0) is 5.75 Å². The van der Waals surface area contributed by atoms with Crippen molar-refractivity contribution in [3.63, 3.8) is 0 Å². The molecule has 98 valence electrons. The molecule has 0 saturated carbocycles. The van der Waals surface area contributed by atoms with E-state index in [1.54, 1.807) is 18.9 Å². The lowest BCUT2D eigenvalue weighted by atomic mass is 10.1. The molecule has 0 aromatic heterocycles. The van der Waals surface area contributed by atoms with Crippen LogP contribution < -0.4 is 4.74 Å². The van der Waals surface area contributed by atoms with Gasteiger partial charge >= 0.3 is 0 Å². The molecular weight excluding hydrogens is 256 g/mol. The van der Waals surface area contributed by atoms with Gasteiger partial charge in [0.1, 0.15) is 12.0 Å². The number of thioether (sulfide) groups is 1. The molecule has 0 amide bonds. The van der Waals surface area contributed by atoms with E-state index in [0.29, 0.717) is 5.56 Å². The number of carbonyl (C=O) groups is 1. The van der Waals surface area contributed by atoms with E-state index in [1.165, 1.54) is 11.1 Å². The summed E-state index contributed by atoms with van der Waals surface area (Å²) in [6.07, 6.45) is 0.872. The molecule has 0 heterocycles. The fraction of sp³-hybridized carbons (Fsp3) is 0.188. The molecule has 2 rings (SSSR count). The van der Waals surface area contributed by atoms with Crippen LogP contribution in [0.1, 0.15) is 21.5 Å². The fourth-order valence-corrected chi connectivity index (χ4v) is 2.80. The number of carbonyl (C=O) groups excluding carboxylic acids is 1. The third-order valence-electron chi connectivity index (χ3n) is 2.82. The number of ether oxygens (including phenoxy) is 1. The highest BCUT2D eigenvalue weighted by atomic mass is 32.2. The van der Waals surface area contributed by atoms with E-state index in [2.05, 4.69) is 13.0 Å². The Morgan fingerprint density at radius 2 is 2.05 bits per heavy atom. The normalized spacial score (nSPS) is 10.2. The minimum absolute atomic E-state index is 0.709. The average molecular weight is 272 g/mol. The van der Waals surface area contributed by atoms with Gasteiger partial charge in [-0.2, -0.15) is 0 Å². The van der Waals surface area contributed by atoms with Crippen LogP contribution in [0.2, 0.25) is 0 Å². The van der Waals surface area contributed by atoms with Crippen molar-refractivity contribution < 1.29 is 9.53 Å². The van der Waals surface area contributed by atoms with Crippen molar-refractivity contribution in [3.05, 3.63) is 59.2 Å². The van der Waals surface area contributed by atoms with Gasteiger partial charge in [-0.15, -0.1) is 11.8 Å². The zero-order valence-corrected chi connectivity index (χ0v) is 11.9. The van der Waals surface area contributed by atoms with Gasteiger partial charge in [-0.1, -0.05) is 29.8 Å². The first kappa shape index (κ1) is 13.7. The topological polar surface area (TPSA) is 26.3 Å². The quantitative estimate of drug-likeness (QED) is 0.605. The summed E-state index contributed by atoms with van der Waals surface area (Å²) >= 11 is 1.70. The van der Waals surface area contributed by atoms with E-state index in [-0.39, 0.29) is 0 Å². The van der Waals surface area contributed by atoms with Gasteiger partial charge in [0.25, 0.3) is 0 Å². The van der Waals surface area contributed by atoms with Gasteiger partial charge in [0.05, 0.1) is 7.11 Å². The Morgan fingerprint density at radius 3 is 2.79 bits per heavy atom. The second-order valence-corrected chi connectivity index (χ2v) is 5.34. The predicted molar refractivity (Wildman–Crippen MR) is 79.1 cm³/mol. The van der Waals surface area contributed by atoms with Crippen LogP contribution >= 0.6 is 11.8 Å². The van der Waals surface area contributed by atoms with Gasteiger partial charge in [-0.05, 0) is 25.1 Å². The highest BCUT2D eigenvalue weighted by molar-refractivity contribution is 7.98. The molecule has 0 fully saturated rings. The maximum absolute atomic E-state index is 10.7. The lowest BCUT2D eigenvalue weighted by Crippen LogP contribution is -1.91. The predicted octanol–water partition coefficient (Wildman–Crippen LogP) is 4.11. The van der Waals surface area contributed by atoms with Crippen LogP contribution in [0.5, 0.6) is 5.75 Å². The summed E-state index contributed by atoms with van der Waals surface area (Å²) in [6.45, 7) is 2.07. The van der Waals surface area contributed by atoms with Gasteiger partial charge in [0.15, 0.2) is 0 Å². The van der Waals surface area contributed by atoms with Crippen molar-refractivity contribution in [2.45, 2.75) is 17.6 Å². The van der Waals surface area contributed by atoms with E-state index in [9.17, 15) is 4.79 Å².